The van der Waals surface area contributed by atoms with E-state index in [-0.39, 0.29) is 0 Å². The highest BCUT2D eigenvalue weighted by Gasteiger charge is 2.42. The molecule has 0 aromatic heterocycles. The van der Waals surface area contributed by atoms with Crippen LogP contribution in [0, 0.1) is 6.92 Å². The second kappa shape index (κ2) is 5.71. The van der Waals surface area contributed by atoms with Gasteiger partial charge in [-0.1, -0.05) is 12.1 Å². The first-order chi connectivity index (χ1) is 9.35. The maximum atomic E-state index is 11.6. The normalized spacial score (nSPS) is 23.9. The van der Waals surface area contributed by atoms with Crippen LogP contribution in [0.15, 0.2) is 24.3 Å². The number of methoxy groups -OCH3 is 1. The average molecular weight is 299 g/mol. The molecule has 1 aliphatic heterocycles. The number of rotatable bonds is 5. The van der Waals surface area contributed by atoms with Gasteiger partial charge in [-0.25, -0.2) is 8.42 Å². The van der Waals surface area contributed by atoms with E-state index in [2.05, 4.69) is 0 Å². The minimum atomic E-state index is -3.18. The van der Waals surface area contributed by atoms with E-state index in [1.54, 1.807) is 7.11 Å². The predicted molar refractivity (Wildman–Crippen MR) is 77.4 cm³/mol. The summed E-state index contributed by atoms with van der Waals surface area (Å²) in [6.07, 6.45) is 1.86. The minimum Gasteiger partial charge on any atom is -0.491 e. The average Bonchev–Trinajstić information content (AvgIpc) is 2.82. The summed E-state index contributed by atoms with van der Waals surface area (Å²) in [4.78, 5) is 0. The van der Waals surface area contributed by atoms with E-state index in [9.17, 15) is 8.42 Å². The molecule has 1 atom stereocenters. The molecule has 1 saturated heterocycles. The smallest absolute Gasteiger partial charge is 0.211 e. The van der Waals surface area contributed by atoms with Crippen LogP contribution in [0.4, 0.5) is 0 Å². The fourth-order valence-electron chi connectivity index (χ4n) is 2.35. The number of hydrogen-bond donors (Lipinski definition) is 0. The van der Waals surface area contributed by atoms with Crippen LogP contribution in [-0.2, 0) is 14.8 Å². The standard InChI is InChI=1S/C14H21NO4S/c1-12-5-4-6-13(9-12)19-11-14(18-2)7-8-15(10-14)20(3,16)17/h4-6,9H,7-8,10-11H2,1-3H3/t14-/m0/s1. The van der Waals surface area contributed by atoms with E-state index in [0.717, 1.165) is 11.3 Å². The molecule has 5 nitrogen and oxygen atoms in total. The minimum absolute atomic E-state index is 0.341. The van der Waals surface area contributed by atoms with Crippen molar-refractivity contribution in [2.75, 3.05) is 33.1 Å². The number of sulfonamides is 1. The Morgan fingerprint density at radius 2 is 2.15 bits per heavy atom. The first-order valence-electron chi connectivity index (χ1n) is 6.54. The van der Waals surface area contributed by atoms with Gasteiger partial charge in [-0.2, -0.15) is 4.31 Å². The molecule has 0 spiro atoms. The molecular weight excluding hydrogens is 278 g/mol. The fourth-order valence-corrected chi connectivity index (χ4v) is 3.25. The van der Waals surface area contributed by atoms with Crippen LogP contribution in [0.25, 0.3) is 0 Å². The molecule has 1 heterocycles. The molecule has 1 aromatic carbocycles. The van der Waals surface area contributed by atoms with Crippen LogP contribution < -0.4 is 4.74 Å². The van der Waals surface area contributed by atoms with E-state index < -0.39 is 15.6 Å². The van der Waals surface area contributed by atoms with Crippen molar-refractivity contribution in [3.05, 3.63) is 29.8 Å². The van der Waals surface area contributed by atoms with Crippen molar-refractivity contribution < 1.29 is 17.9 Å². The second-order valence-electron chi connectivity index (χ2n) is 5.34. The Morgan fingerprint density at radius 3 is 2.70 bits per heavy atom. The number of ether oxygens (including phenoxy) is 2. The molecule has 0 radical (unpaired) electrons. The quantitative estimate of drug-likeness (QED) is 0.825. The zero-order valence-electron chi connectivity index (χ0n) is 12.1. The lowest BCUT2D eigenvalue weighted by atomic mass is 10.1. The van der Waals surface area contributed by atoms with Gasteiger partial charge in [-0.3, -0.25) is 0 Å². The Kier molecular flexibility index (Phi) is 4.36. The second-order valence-corrected chi connectivity index (χ2v) is 7.32. The molecule has 1 aromatic rings. The van der Waals surface area contributed by atoms with E-state index in [0.29, 0.717) is 26.1 Å². The summed E-state index contributed by atoms with van der Waals surface area (Å²) in [6, 6.07) is 7.77. The van der Waals surface area contributed by atoms with Crippen LogP contribution in [0.2, 0.25) is 0 Å². The highest BCUT2D eigenvalue weighted by molar-refractivity contribution is 7.88. The van der Waals surface area contributed by atoms with Crippen molar-refractivity contribution in [1.29, 1.82) is 0 Å². The van der Waals surface area contributed by atoms with E-state index >= 15 is 0 Å². The Balaban J connectivity index is 2.03. The number of benzene rings is 1. The van der Waals surface area contributed by atoms with Crippen LogP contribution in [-0.4, -0.2) is 51.4 Å². The van der Waals surface area contributed by atoms with Gasteiger partial charge in [0.05, 0.1) is 6.26 Å². The Bertz CT molecular complexity index is 572. The summed E-state index contributed by atoms with van der Waals surface area (Å²) in [7, 11) is -1.57. The van der Waals surface area contributed by atoms with Gasteiger partial charge in [-0.05, 0) is 31.0 Å². The Labute approximate surface area is 120 Å². The molecule has 0 N–H and O–H groups in total. The van der Waals surface area contributed by atoms with Gasteiger partial charge in [0.25, 0.3) is 0 Å². The fraction of sp³-hybridized carbons (Fsp3) is 0.571. The van der Waals surface area contributed by atoms with E-state index in [1.807, 2.05) is 31.2 Å². The summed E-state index contributed by atoms with van der Waals surface area (Å²) < 4.78 is 35.9. The molecule has 112 valence electrons. The lowest BCUT2D eigenvalue weighted by Gasteiger charge is -2.27. The summed E-state index contributed by atoms with van der Waals surface area (Å²) in [6.45, 7) is 3.16. The van der Waals surface area contributed by atoms with Gasteiger partial charge in [0.2, 0.25) is 10.0 Å². The molecule has 0 aliphatic carbocycles. The van der Waals surface area contributed by atoms with Crippen molar-refractivity contribution in [2.24, 2.45) is 0 Å². The van der Waals surface area contributed by atoms with Crippen LogP contribution in [0.5, 0.6) is 5.75 Å². The Morgan fingerprint density at radius 1 is 1.40 bits per heavy atom. The zero-order valence-corrected chi connectivity index (χ0v) is 12.9. The van der Waals surface area contributed by atoms with E-state index in [4.69, 9.17) is 9.47 Å². The molecule has 1 aliphatic rings. The largest absolute Gasteiger partial charge is 0.491 e. The summed E-state index contributed by atoms with van der Waals surface area (Å²) in [5, 5.41) is 0. The number of hydrogen-bond acceptors (Lipinski definition) is 4. The predicted octanol–water partition coefficient (Wildman–Crippen LogP) is 1.42. The van der Waals surface area contributed by atoms with Crippen molar-refractivity contribution >= 4 is 10.0 Å². The third-order valence-electron chi connectivity index (χ3n) is 3.67. The van der Waals surface area contributed by atoms with Crippen LogP contribution in [0.1, 0.15) is 12.0 Å². The molecule has 0 amide bonds. The van der Waals surface area contributed by atoms with Gasteiger partial charge in [0, 0.05) is 20.2 Å². The third kappa shape index (κ3) is 3.50. The van der Waals surface area contributed by atoms with Gasteiger partial charge in [0.1, 0.15) is 18.0 Å². The maximum absolute atomic E-state index is 11.6. The summed E-state index contributed by atoms with van der Waals surface area (Å²) in [5.74, 6) is 0.777. The Hall–Kier alpha value is -1.11. The summed E-state index contributed by atoms with van der Waals surface area (Å²) >= 11 is 0. The van der Waals surface area contributed by atoms with Gasteiger partial charge in [0.15, 0.2) is 0 Å². The maximum Gasteiger partial charge on any atom is 0.211 e. The van der Waals surface area contributed by atoms with Crippen LogP contribution >= 0.6 is 0 Å². The van der Waals surface area contributed by atoms with Crippen molar-refractivity contribution in [3.63, 3.8) is 0 Å². The molecule has 1 fully saturated rings. The SMILES string of the molecule is CO[C@@]1(COc2cccc(C)c2)CCN(S(C)(=O)=O)C1. The molecule has 2 rings (SSSR count). The molecule has 20 heavy (non-hydrogen) atoms. The van der Waals surface area contributed by atoms with E-state index in [1.165, 1.54) is 10.6 Å². The van der Waals surface area contributed by atoms with Crippen molar-refractivity contribution in [3.8, 4) is 5.75 Å². The van der Waals surface area contributed by atoms with Gasteiger partial charge >= 0.3 is 0 Å². The number of nitrogens with zero attached hydrogens (tertiary/aromatic N) is 1. The summed E-state index contributed by atoms with van der Waals surface area (Å²) in [5.41, 5.74) is 0.561. The first-order valence-corrected chi connectivity index (χ1v) is 8.39. The first kappa shape index (κ1) is 15.3. The van der Waals surface area contributed by atoms with Crippen molar-refractivity contribution in [2.45, 2.75) is 18.9 Å². The molecule has 0 bridgehead atoms. The lowest BCUT2D eigenvalue weighted by Crippen LogP contribution is -2.42. The topological polar surface area (TPSA) is 55.8 Å². The molecular formula is C14H21NO4S. The molecule has 6 heteroatoms. The zero-order chi connectivity index (χ0) is 14.8. The van der Waals surface area contributed by atoms with Crippen molar-refractivity contribution in [1.82, 2.24) is 4.31 Å². The lowest BCUT2D eigenvalue weighted by molar-refractivity contribution is -0.0317. The molecule has 0 unspecified atom stereocenters. The highest BCUT2D eigenvalue weighted by Crippen LogP contribution is 2.27. The monoisotopic (exact) mass is 299 g/mol. The van der Waals surface area contributed by atoms with Crippen LogP contribution in [0.3, 0.4) is 0 Å². The molecule has 0 saturated carbocycles. The number of aryl methyl sites for hydroxylation is 1. The van der Waals surface area contributed by atoms with Gasteiger partial charge < -0.3 is 9.47 Å². The third-order valence-corrected chi connectivity index (χ3v) is 4.92. The highest BCUT2D eigenvalue weighted by atomic mass is 32.2. The van der Waals surface area contributed by atoms with Gasteiger partial charge in [-0.15, -0.1) is 0 Å².